The van der Waals surface area contributed by atoms with Crippen LogP contribution >= 0.6 is 11.8 Å². The van der Waals surface area contributed by atoms with Gasteiger partial charge in [0.25, 0.3) is 0 Å². The first-order valence-corrected chi connectivity index (χ1v) is 12.1. The number of carbonyl (C=O) groups excluding carboxylic acids is 2. The molecule has 0 fully saturated rings. The van der Waals surface area contributed by atoms with Crippen molar-refractivity contribution in [1.29, 1.82) is 0 Å². The minimum Gasteiger partial charge on any atom is -0.497 e. The summed E-state index contributed by atoms with van der Waals surface area (Å²) in [7, 11) is 1.60. The Morgan fingerprint density at radius 1 is 1.03 bits per heavy atom. The fourth-order valence-corrected chi connectivity index (χ4v) is 4.74. The van der Waals surface area contributed by atoms with Gasteiger partial charge in [0.05, 0.1) is 19.3 Å². The summed E-state index contributed by atoms with van der Waals surface area (Å²) < 4.78 is 9.10. The van der Waals surface area contributed by atoms with Gasteiger partial charge in [0, 0.05) is 41.4 Å². The molecule has 4 rings (SSSR count). The molecule has 8 nitrogen and oxygen atoms in total. The van der Waals surface area contributed by atoms with Crippen LogP contribution in [-0.4, -0.2) is 43.9 Å². The zero-order chi connectivity index (χ0) is 24.1. The molecule has 0 atom stereocenters. The highest BCUT2D eigenvalue weighted by Crippen LogP contribution is 2.25. The van der Waals surface area contributed by atoms with E-state index in [0.29, 0.717) is 28.8 Å². The zero-order valence-corrected chi connectivity index (χ0v) is 20.3. The summed E-state index contributed by atoms with van der Waals surface area (Å²) in [6, 6.07) is 15.1. The maximum atomic E-state index is 13.0. The summed E-state index contributed by atoms with van der Waals surface area (Å²) in [6.07, 6.45) is 2.01. The predicted octanol–water partition coefficient (Wildman–Crippen LogP) is 4.44. The molecular weight excluding hydrogens is 450 g/mol. The Balaban J connectivity index is 1.42. The van der Waals surface area contributed by atoms with E-state index < -0.39 is 0 Å². The predicted molar refractivity (Wildman–Crippen MR) is 134 cm³/mol. The number of rotatable bonds is 10. The van der Waals surface area contributed by atoms with Gasteiger partial charge < -0.3 is 19.2 Å². The van der Waals surface area contributed by atoms with E-state index in [-0.39, 0.29) is 23.9 Å². The number of hydrogen-bond acceptors (Lipinski definition) is 6. The molecule has 0 radical (unpaired) electrons. The number of nitrogens with zero attached hydrogens (tertiary/aromatic N) is 4. The molecule has 2 heterocycles. The SMILES string of the molecule is CCn1c(CC(=O)Nc2ccc(OC)cc2)nnc1SCC(=O)c1cn(CC)c2ccccc12. The van der Waals surface area contributed by atoms with E-state index in [1.165, 1.54) is 11.8 Å². The van der Waals surface area contributed by atoms with Crippen molar-refractivity contribution in [2.45, 2.75) is 38.5 Å². The fraction of sp³-hybridized carbons (Fsp3) is 0.280. The van der Waals surface area contributed by atoms with Gasteiger partial charge in [-0.1, -0.05) is 30.0 Å². The number of nitrogens with one attached hydrogen (secondary N) is 1. The molecule has 2 aromatic heterocycles. The van der Waals surface area contributed by atoms with Gasteiger partial charge in [-0.2, -0.15) is 0 Å². The molecule has 1 amide bonds. The fourth-order valence-electron chi connectivity index (χ4n) is 3.84. The number of thioether (sulfide) groups is 1. The van der Waals surface area contributed by atoms with Crippen LogP contribution in [0, 0.1) is 0 Å². The van der Waals surface area contributed by atoms with Gasteiger partial charge in [-0.05, 0) is 44.2 Å². The number of fused-ring (bicyclic) bond motifs is 1. The van der Waals surface area contributed by atoms with Crippen molar-refractivity contribution in [2.24, 2.45) is 0 Å². The topological polar surface area (TPSA) is 91.0 Å². The van der Waals surface area contributed by atoms with E-state index >= 15 is 0 Å². The highest BCUT2D eigenvalue weighted by Gasteiger charge is 2.19. The molecule has 0 aliphatic carbocycles. The molecule has 0 saturated heterocycles. The Hall–Kier alpha value is -3.59. The number of para-hydroxylation sites is 1. The Morgan fingerprint density at radius 3 is 2.50 bits per heavy atom. The highest BCUT2D eigenvalue weighted by molar-refractivity contribution is 7.99. The lowest BCUT2D eigenvalue weighted by atomic mass is 10.1. The largest absolute Gasteiger partial charge is 0.497 e. The first kappa shape index (κ1) is 23.6. The van der Waals surface area contributed by atoms with Crippen molar-refractivity contribution in [2.75, 3.05) is 18.2 Å². The Kier molecular flexibility index (Phi) is 7.32. The number of anilines is 1. The first-order chi connectivity index (χ1) is 16.5. The molecule has 1 N–H and O–H groups in total. The molecule has 0 bridgehead atoms. The second kappa shape index (κ2) is 10.6. The van der Waals surface area contributed by atoms with E-state index in [9.17, 15) is 9.59 Å². The summed E-state index contributed by atoms with van der Waals surface area (Å²) in [5.41, 5.74) is 2.45. The average molecular weight is 478 g/mol. The van der Waals surface area contributed by atoms with Gasteiger partial charge in [0.1, 0.15) is 11.6 Å². The van der Waals surface area contributed by atoms with Gasteiger partial charge in [-0.15, -0.1) is 10.2 Å². The number of amides is 1. The lowest BCUT2D eigenvalue weighted by Crippen LogP contribution is -2.17. The van der Waals surface area contributed by atoms with E-state index in [0.717, 1.165) is 23.2 Å². The third-order valence-electron chi connectivity index (χ3n) is 5.56. The van der Waals surface area contributed by atoms with E-state index in [1.54, 1.807) is 31.4 Å². The van der Waals surface area contributed by atoms with Crippen molar-refractivity contribution in [3.05, 3.63) is 66.1 Å². The van der Waals surface area contributed by atoms with E-state index in [2.05, 4.69) is 27.0 Å². The molecule has 176 valence electrons. The number of aromatic nitrogens is 4. The van der Waals surface area contributed by atoms with Crippen LogP contribution < -0.4 is 10.1 Å². The minimum absolute atomic E-state index is 0.0397. The van der Waals surface area contributed by atoms with Gasteiger partial charge in [-0.3, -0.25) is 9.59 Å². The van der Waals surface area contributed by atoms with Crippen LogP contribution in [0.3, 0.4) is 0 Å². The normalized spacial score (nSPS) is 11.0. The average Bonchev–Trinajstić information content (AvgIpc) is 3.43. The van der Waals surface area contributed by atoms with Gasteiger partial charge in [0.15, 0.2) is 10.9 Å². The molecule has 34 heavy (non-hydrogen) atoms. The maximum absolute atomic E-state index is 13.0. The lowest BCUT2D eigenvalue weighted by Gasteiger charge is -2.08. The highest BCUT2D eigenvalue weighted by atomic mass is 32.2. The lowest BCUT2D eigenvalue weighted by molar-refractivity contribution is -0.115. The molecular formula is C25H27N5O3S. The van der Waals surface area contributed by atoms with Crippen LogP contribution in [0.1, 0.15) is 30.0 Å². The number of hydrogen-bond donors (Lipinski definition) is 1. The van der Waals surface area contributed by atoms with Crippen LogP contribution in [0.2, 0.25) is 0 Å². The molecule has 2 aromatic carbocycles. The smallest absolute Gasteiger partial charge is 0.232 e. The first-order valence-electron chi connectivity index (χ1n) is 11.1. The molecule has 0 spiro atoms. The van der Waals surface area contributed by atoms with Crippen LogP contribution in [0.15, 0.2) is 59.9 Å². The Bertz CT molecular complexity index is 1310. The summed E-state index contributed by atoms with van der Waals surface area (Å²) in [5, 5.41) is 12.9. The number of ether oxygens (including phenoxy) is 1. The quantitative estimate of drug-likeness (QED) is 0.268. The minimum atomic E-state index is -0.188. The summed E-state index contributed by atoms with van der Waals surface area (Å²) >= 11 is 1.34. The van der Waals surface area contributed by atoms with Crippen molar-refractivity contribution < 1.29 is 14.3 Å². The van der Waals surface area contributed by atoms with Gasteiger partial charge in [0.2, 0.25) is 5.91 Å². The summed E-state index contributed by atoms with van der Waals surface area (Å²) in [5.74, 6) is 1.38. The maximum Gasteiger partial charge on any atom is 0.232 e. The number of Topliss-reactive ketones (excluding diaryl/α,β-unsaturated/α-hetero) is 1. The monoisotopic (exact) mass is 477 g/mol. The van der Waals surface area contributed by atoms with Crippen molar-refractivity contribution in [3.8, 4) is 5.75 Å². The molecule has 0 unspecified atom stereocenters. The summed E-state index contributed by atoms with van der Waals surface area (Å²) in [4.78, 5) is 25.6. The second-order valence-electron chi connectivity index (χ2n) is 7.65. The standard InChI is InChI=1S/C25H27N5O3S/c1-4-29-15-20(19-8-6-7-9-21(19)29)22(31)16-34-25-28-27-23(30(25)5-2)14-24(32)26-17-10-12-18(33-3)13-11-17/h6-13,15H,4-5,14,16H2,1-3H3,(H,26,32). The number of carbonyl (C=O) groups is 2. The summed E-state index contributed by atoms with van der Waals surface area (Å²) in [6.45, 7) is 5.43. The zero-order valence-electron chi connectivity index (χ0n) is 19.4. The third-order valence-corrected chi connectivity index (χ3v) is 6.53. The molecule has 0 aliphatic heterocycles. The number of ketones is 1. The Morgan fingerprint density at radius 2 is 1.79 bits per heavy atom. The van der Waals surface area contributed by atoms with Crippen molar-refractivity contribution in [1.82, 2.24) is 19.3 Å². The number of methoxy groups -OCH3 is 1. The molecule has 4 aromatic rings. The van der Waals surface area contributed by atoms with Crippen LogP contribution in [-0.2, 0) is 24.3 Å². The molecule has 9 heteroatoms. The Labute approximate surface area is 202 Å². The van der Waals surface area contributed by atoms with Crippen molar-refractivity contribution >= 4 is 40.0 Å². The number of aryl methyl sites for hydroxylation is 1. The van der Waals surface area contributed by atoms with Crippen LogP contribution in [0.4, 0.5) is 5.69 Å². The molecule has 0 aliphatic rings. The van der Waals surface area contributed by atoms with E-state index in [4.69, 9.17) is 4.74 Å². The number of benzene rings is 2. The van der Waals surface area contributed by atoms with Crippen LogP contribution in [0.25, 0.3) is 10.9 Å². The third kappa shape index (κ3) is 4.99. The second-order valence-corrected chi connectivity index (χ2v) is 8.60. The van der Waals surface area contributed by atoms with E-state index in [1.807, 2.05) is 42.0 Å². The molecule has 0 saturated carbocycles. The van der Waals surface area contributed by atoms with Gasteiger partial charge in [-0.25, -0.2) is 0 Å². The van der Waals surface area contributed by atoms with Gasteiger partial charge >= 0.3 is 0 Å². The van der Waals surface area contributed by atoms with Crippen molar-refractivity contribution in [3.63, 3.8) is 0 Å². The van der Waals surface area contributed by atoms with Crippen LogP contribution in [0.5, 0.6) is 5.75 Å².